The van der Waals surface area contributed by atoms with E-state index < -0.39 is 0 Å². The molecule has 1 aliphatic carbocycles. The first kappa shape index (κ1) is 36.1. The summed E-state index contributed by atoms with van der Waals surface area (Å²) in [6, 6.07) is 16.0. The van der Waals surface area contributed by atoms with Gasteiger partial charge in [-0.3, -0.25) is 0 Å². The van der Waals surface area contributed by atoms with Gasteiger partial charge in [0.15, 0.2) is 0 Å². The number of hydrogen-bond acceptors (Lipinski definition) is 2. The highest BCUT2D eigenvalue weighted by Crippen LogP contribution is 2.45. The van der Waals surface area contributed by atoms with Crippen LogP contribution in [0.1, 0.15) is 143 Å². The zero-order valence-corrected chi connectivity index (χ0v) is 28.7. The summed E-state index contributed by atoms with van der Waals surface area (Å²) in [7, 11) is 0. The van der Waals surface area contributed by atoms with Gasteiger partial charge in [0.25, 0.3) is 0 Å². The summed E-state index contributed by atoms with van der Waals surface area (Å²) >= 11 is 0. The van der Waals surface area contributed by atoms with Crippen LogP contribution >= 0.6 is 0 Å². The lowest BCUT2D eigenvalue weighted by Crippen LogP contribution is -2.49. The molecule has 1 saturated carbocycles. The average Bonchev–Trinajstić information content (AvgIpc) is 3.81. The van der Waals surface area contributed by atoms with Crippen LogP contribution in [0.5, 0.6) is 0 Å². The monoisotopic (exact) mass is 579 g/mol. The lowest BCUT2D eigenvalue weighted by Gasteiger charge is -2.44. The Bertz CT molecular complexity index is 1060. The molecule has 2 nitrogen and oxygen atoms in total. The van der Waals surface area contributed by atoms with Gasteiger partial charge in [0.05, 0.1) is 6.61 Å². The van der Waals surface area contributed by atoms with Gasteiger partial charge < -0.3 is 10.1 Å². The fraction of sp³-hybridized carbons (Fsp3) is 0.641. The Kier molecular flexibility index (Phi) is 14.8. The summed E-state index contributed by atoms with van der Waals surface area (Å²) in [5.41, 5.74) is 7.11. The Hall–Kier alpha value is -2.13. The lowest BCUT2D eigenvalue weighted by atomic mass is 9.78. The van der Waals surface area contributed by atoms with Crippen molar-refractivity contribution in [3.63, 3.8) is 0 Å². The molecule has 236 valence electrons. The number of halogens is 1. The standard InChI is InChI=1S/C24H37NO.C13H19F.C2H6/c1-17(2)24(13-12-18(3)16-26-24)22(20-10-11-20)25-15-19-8-7-9-21(14-19)23(4,5)6;1-3-5-11(6-4-2)12-7-9-13(14)10-8-12;1-2/h7-9,14,17-18,25H,10-13,15-16H2,1-6H3;7-11H,3-6H2,1-2H3;1-2H3. The molecule has 0 radical (unpaired) electrons. The third kappa shape index (κ3) is 10.5. The molecule has 0 amide bonds. The molecule has 2 unspecified atom stereocenters. The normalized spacial score (nSPS) is 19.9. The van der Waals surface area contributed by atoms with Gasteiger partial charge in [-0.15, -0.1) is 0 Å². The van der Waals surface area contributed by atoms with Gasteiger partial charge >= 0.3 is 0 Å². The Morgan fingerprint density at radius 1 is 1.00 bits per heavy atom. The van der Waals surface area contributed by atoms with Crippen molar-refractivity contribution in [1.82, 2.24) is 5.32 Å². The number of allylic oxidation sites excluding steroid dienone is 1. The van der Waals surface area contributed by atoms with Crippen molar-refractivity contribution in [1.29, 1.82) is 0 Å². The van der Waals surface area contributed by atoms with E-state index in [-0.39, 0.29) is 16.8 Å². The van der Waals surface area contributed by atoms with E-state index >= 15 is 0 Å². The molecule has 1 N–H and O–H groups in total. The summed E-state index contributed by atoms with van der Waals surface area (Å²) in [5.74, 6) is 1.65. The second-order valence-corrected chi connectivity index (χ2v) is 13.6. The minimum absolute atomic E-state index is 0.111. The SMILES string of the molecule is CC.CC1CCC(C(NCc2cccc(C(C)(C)C)c2)=C2CC2)(C(C)C)OC1.CCCC(CCC)c1ccc(F)cc1. The molecule has 0 bridgehead atoms. The number of hydrogen-bond donors (Lipinski definition) is 1. The molecular formula is C39H62FNO. The van der Waals surface area contributed by atoms with Crippen molar-refractivity contribution in [2.24, 2.45) is 11.8 Å². The van der Waals surface area contributed by atoms with Gasteiger partial charge in [0.1, 0.15) is 11.4 Å². The summed E-state index contributed by atoms with van der Waals surface area (Å²) in [6.07, 6.45) is 9.67. The Morgan fingerprint density at radius 3 is 2.10 bits per heavy atom. The minimum Gasteiger partial charge on any atom is -0.382 e. The molecule has 4 rings (SSSR count). The average molecular weight is 580 g/mol. The molecule has 1 aliphatic heterocycles. The molecule has 42 heavy (non-hydrogen) atoms. The summed E-state index contributed by atoms with van der Waals surface area (Å²) in [6.45, 7) is 24.0. The lowest BCUT2D eigenvalue weighted by molar-refractivity contribution is -0.104. The first-order chi connectivity index (χ1) is 20.0. The van der Waals surface area contributed by atoms with Crippen LogP contribution in [0, 0.1) is 17.7 Å². The second kappa shape index (κ2) is 17.2. The second-order valence-electron chi connectivity index (χ2n) is 13.6. The fourth-order valence-corrected chi connectivity index (χ4v) is 5.98. The maximum absolute atomic E-state index is 12.7. The molecule has 1 saturated heterocycles. The van der Waals surface area contributed by atoms with Crippen LogP contribution in [-0.2, 0) is 16.7 Å². The zero-order valence-electron chi connectivity index (χ0n) is 28.7. The molecule has 2 aromatic rings. The van der Waals surface area contributed by atoms with Gasteiger partial charge in [-0.1, -0.05) is 118 Å². The van der Waals surface area contributed by atoms with Crippen LogP contribution in [0.3, 0.4) is 0 Å². The van der Waals surface area contributed by atoms with E-state index in [1.807, 2.05) is 26.0 Å². The first-order valence-corrected chi connectivity index (χ1v) is 16.9. The van der Waals surface area contributed by atoms with Crippen LogP contribution in [0.15, 0.2) is 59.8 Å². The number of rotatable bonds is 10. The summed E-state index contributed by atoms with van der Waals surface area (Å²) < 4.78 is 19.3. The number of benzene rings is 2. The highest BCUT2D eigenvalue weighted by Gasteiger charge is 2.44. The smallest absolute Gasteiger partial charge is 0.123 e. The third-order valence-corrected chi connectivity index (χ3v) is 8.72. The van der Waals surface area contributed by atoms with Crippen molar-refractivity contribution >= 4 is 0 Å². The van der Waals surface area contributed by atoms with Gasteiger partial charge in [0.2, 0.25) is 0 Å². The Labute approximate surface area is 258 Å². The van der Waals surface area contributed by atoms with Crippen LogP contribution in [-0.4, -0.2) is 12.2 Å². The molecule has 2 atom stereocenters. The van der Waals surface area contributed by atoms with E-state index in [4.69, 9.17) is 4.74 Å². The van der Waals surface area contributed by atoms with Crippen molar-refractivity contribution < 1.29 is 9.13 Å². The van der Waals surface area contributed by atoms with E-state index in [9.17, 15) is 4.39 Å². The number of ether oxygens (including phenoxy) is 1. The van der Waals surface area contributed by atoms with Gasteiger partial charge in [0, 0.05) is 12.2 Å². The molecular weight excluding hydrogens is 517 g/mol. The van der Waals surface area contributed by atoms with Crippen LogP contribution in [0.25, 0.3) is 0 Å². The fourth-order valence-electron chi connectivity index (χ4n) is 5.98. The maximum atomic E-state index is 12.7. The summed E-state index contributed by atoms with van der Waals surface area (Å²) in [4.78, 5) is 0. The Balaban J connectivity index is 0.000000326. The van der Waals surface area contributed by atoms with Crippen molar-refractivity contribution in [2.45, 2.75) is 144 Å². The highest BCUT2D eigenvalue weighted by atomic mass is 19.1. The maximum Gasteiger partial charge on any atom is 0.123 e. The summed E-state index contributed by atoms with van der Waals surface area (Å²) in [5, 5.41) is 3.84. The van der Waals surface area contributed by atoms with Crippen LogP contribution < -0.4 is 5.32 Å². The van der Waals surface area contributed by atoms with Gasteiger partial charge in [-0.2, -0.15) is 0 Å². The quantitative estimate of drug-likeness (QED) is 0.302. The van der Waals surface area contributed by atoms with Gasteiger partial charge in [-0.05, 0) is 96.1 Å². The van der Waals surface area contributed by atoms with Crippen LogP contribution in [0.4, 0.5) is 4.39 Å². The largest absolute Gasteiger partial charge is 0.382 e. The topological polar surface area (TPSA) is 21.3 Å². The van der Waals surface area contributed by atoms with E-state index in [0.29, 0.717) is 17.8 Å². The number of nitrogens with one attached hydrogen (secondary N) is 1. The molecule has 0 aromatic heterocycles. The molecule has 2 aromatic carbocycles. The first-order valence-electron chi connectivity index (χ1n) is 16.9. The Morgan fingerprint density at radius 2 is 1.62 bits per heavy atom. The predicted octanol–water partition coefficient (Wildman–Crippen LogP) is 11.5. The molecule has 2 fully saturated rings. The molecule has 3 heteroatoms. The zero-order chi connectivity index (χ0) is 31.3. The van der Waals surface area contributed by atoms with Crippen LogP contribution in [0.2, 0.25) is 0 Å². The van der Waals surface area contributed by atoms with E-state index in [1.54, 1.807) is 17.7 Å². The van der Waals surface area contributed by atoms with E-state index in [1.165, 1.54) is 67.3 Å². The molecule has 0 spiro atoms. The molecule has 1 heterocycles. The predicted molar refractivity (Wildman–Crippen MR) is 180 cm³/mol. The molecule has 2 aliphatic rings. The minimum atomic E-state index is -0.138. The van der Waals surface area contributed by atoms with Crippen molar-refractivity contribution in [3.8, 4) is 0 Å². The van der Waals surface area contributed by atoms with Crippen molar-refractivity contribution in [3.05, 3.63) is 82.3 Å². The third-order valence-electron chi connectivity index (χ3n) is 8.72. The van der Waals surface area contributed by atoms with E-state index in [0.717, 1.165) is 19.6 Å². The van der Waals surface area contributed by atoms with E-state index in [2.05, 4.69) is 85.0 Å². The highest BCUT2D eigenvalue weighted by molar-refractivity contribution is 5.34. The van der Waals surface area contributed by atoms with Gasteiger partial charge in [-0.25, -0.2) is 4.39 Å². The van der Waals surface area contributed by atoms with Crippen molar-refractivity contribution in [2.75, 3.05) is 6.61 Å².